The van der Waals surface area contributed by atoms with Crippen LogP contribution in [0.3, 0.4) is 0 Å². The van der Waals surface area contributed by atoms with E-state index in [4.69, 9.17) is 13.9 Å². The van der Waals surface area contributed by atoms with Crippen LogP contribution in [-0.2, 0) is 20.7 Å². The van der Waals surface area contributed by atoms with Crippen molar-refractivity contribution in [2.45, 2.75) is 25.8 Å². The van der Waals surface area contributed by atoms with Gasteiger partial charge in [0.1, 0.15) is 23.0 Å². The van der Waals surface area contributed by atoms with Gasteiger partial charge in [0.05, 0.1) is 33.8 Å². The van der Waals surface area contributed by atoms with Crippen LogP contribution in [0.25, 0.3) is 6.08 Å². The van der Waals surface area contributed by atoms with Gasteiger partial charge in [-0.15, -0.1) is 0 Å². The Morgan fingerprint density at radius 2 is 1.93 bits per heavy atom. The lowest BCUT2D eigenvalue weighted by Crippen LogP contribution is -2.25. The molecular formula is C21H25NO6. The van der Waals surface area contributed by atoms with Crippen molar-refractivity contribution in [2.75, 3.05) is 21.3 Å². The molecular weight excluding hydrogens is 362 g/mol. The molecule has 0 bridgehead atoms. The zero-order valence-electron chi connectivity index (χ0n) is 16.5. The number of aryl methyl sites for hydroxylation is 1. The van der Waals surface area contributed by atoms with E-state index >= 15 is 0 Å². The number of hydrogen-bond donors (Lipinski definition) is 1. The van der Waals surface area contributed by atoms with E-state index in [0.29, 0.717) is 29.4 Å². The van der Waals surface area contributed by atoms with E-state index in [0.717, 1.165) is 5.56 Å². The summed E-state index contributed by atoms with van der Waals surface area (Å²) in [6.07, 6.45) is 3.66. The molecule has 1 N–H and O–H groups in total. The molecule has 28 heavy (non-hydrogen) atoms. The van der Waals surface area contributed by atoms with E-state index in [1.165, 1.54) is 13.2 Å². The highest BCUT2D eigenvalue weighted by Crippen LogP contribution is 2.29. The van der Waals surface area contributed by atoms with Crippen LogP contribution in [0.5, 0.6) is 11.5 Å². The molecule has 0 radical (unpaired) electrons. The van der Waals surface area contributed by atoms with E-state index in [2.05, 4.69) is 10.1 Å². The molecule has 1 atom stereocenters. The van der Waals surface area contributed by atoms with E-state index in [-0.39, 0.29) is 24.3 Å². The van der Waals surface area contributed by atoms with Gasteiger partial charge in [-0.1, -0.05) is 0 Å². The molecule has 0 aliphatic rings. The van der Waals surface area contributed by atoms with Crippen molar-refractivity contribution >= 4 is 18.0 Å². The van der Waals surface area contributed by atoms with Crippen LogP contribution < -0.4 is 14.8 Å². The summed E-state index contributed by atoms with van der Waals surface area (Å²) in [6.45, 7) is 1.86. The summed E-state index contributed by atoms with van der Waals surface area (Å²) in [5.41, 5.74) is 0.812. The van der Waals surface area contributed by atoms with Gasteiger partial charge < -0.3 is 23.9 Å². The highest BCUT2D eigenvalue weighted by Gasteiger charge is 2.14. The third kappa shape index (κ3) is 5.90. The van der Waals surface area contributed by atoms with Gasteiger partial charge in [-0.25, -0.2) is 0 Å². The molecule has 0 spiro atoms. The molecule has 0 fully saturated rings. The summed E-state index contributed by atoms with van der Waals surface area (Å²) < 4.78 is 20.8. The van der Waals surface area contributed by atoms with E-state index in [9.17, 15) is 9.59 Å². The lowest BCUT2D eigenvalue weighted by Gasteiger charge is -2.17. The number of nitrogens with one attached hydrogen (secondary N) is 1. The summed E-state index contributed by atoms with van der Waals surface area (Å²) in [5, 5.41) is 2.88. The number of furan rings is 1. The Hall–Kier alpha value is -3.22. The number of esters is 1. The van der Waals surface area contributed by atoms with Crippen LogP contribution >= 0.6 is 0 Å². The fraction of sp³-hybridized carbons (Fsp3) is 0.333. The average molecular weight is 387 g/mol. The number of carbonyl (C=O) groups excluding carboxylic acids is 2. The fourth-order valence-corrected chi connectivity index (χ4v) is 2.62. The monoisotopic (exact) mass is 387 g/mol. The van der Waals surface area contributed by atoms with Crippen LogP contribution in [0.4, 0.5) is 0 Å². The summed E-state index contributed by atoms with van der Waals surface area (Å²) in [6, 6.07) is 8.65. The highest BCUT2D eigenvalue weighted by molar-refractivity contribution is 5.91. The first-order valence-corrected chi connectivity index (χ1v) is 8.82. The molecule has 7 nitrogen and oxygen atoms in total. The quantitative estimate of drug-likeness (QED) is 0.525. The van der Waals surface area contributed by atoms with Gasteiger partial charge in [0.15, 0.2) is 0 Å². The Kier molecular flexibility index (Phi) is 7.68. The molecule has 2 aromatic rings. The second-order valence-electron chi connectivity index (χ2n) is 6.05. The van der Waals surface area contributed by atoms with Gasteiger partial charge >= 0.3 is 5.97 Å². The Balaban J connectivity index is 1.96. The first-order valence-electron chi connectivity index (χ1n) is 8.82. The third-order valence-electron chi connectivity index (χ3n) is 4.15. The summed E-state index contributed by atoms with van der Waals surface area (Å²) in [7, 11) is 4.51. The third-order valence-corrected chi connectivity index (χ3v) is 4.15. The Bertz CT molecular complexity index is 839. The van der Waals surface area contributed by atoms with Crippen LogP contribution in [0.1, 0.15) is 36.5 Å². The van der Waals surface area contributed by atoms with Crippen molar-refractivity contribution in [3.63, 3.8) is 0 Å². The first kappa shape index (κ1) is 21.1. The van der Waals surface area contributed by atoms with Crippen molar-refractivity contribution in [2.24, 2.45) is 0 Å². The van der Waals surface area contributed by atoms with Crippen molar-refractivity contribution in [1.82, 2.24) is 5.32 Å². The van der Waals surface area contributed by atoms with Gasteiger partial charge in [0.25, 0.3) is 0 Å². The van der Waals surface area contributed by atoms with Crippen molar-refractivity contribution in [1.29, 1.82) is 0 Å². The van der Waals surface area contributed by atoms with Gasteiger partial charge in [-0.2, -0.15) is 0 Å². The smallest absolute Gasteiger partial charge is 0.305 e. The SMILES string of the molecule is COC(=O)CCc1ccc(/C=C/C(=O)N[C@@H](C)c2cc(OC)ccc2OC)o1. The van der Waals surface area contributed by atoms with Crippen LogP contribution in [0.2, 0.25) is 0 Å². The standard InChI is InChI=1S/C21H25NO6/c1-14(18-13-17(25-2)7-10-19(18)26-3)22-20(23)11-8-15-5-6-16(28-15)9-12-21(24)27-4/h5-8,10-11,13-14H,9,12H2,1-4H3,(H,22,23)/b11-8+/t14-/m0/s1. The van der Waals surface area contributed by atoms with Crippen LogP contribution in [0, 0.1) is 0 Å². The molecule has 0 aliphatic carbocycles. The maximum Gasteiger partial charge on any atom is 0.305 e. The largest absolute Gasteiger partial charge is 0.497 e. The molecule has 0 aliphatic heterocycles. The topological polar surface area (TPSA) is 87.0 Å². The first-order chi connectivity index (χ1) is 13.5. The van der Waals surface area contributed by atoms with Crippen molar-refractivity contribution in [3.05, 3.63) is 53.5 Å². The molecule has 0 unspecified atom stereocenters. The molecule has 1 aromatic heterocycles. The van der Waals surface area contributed by atoms with Gasteiger partial charge in [-0.3, -0.25) is 9.59 Å². The van der Waals surface area contributed by atoms with Gasteiger partial charge in [0, 0.05) is 18.1 Å². The summed E-state index contributed by atoms with van der Waals surface area (Å²) >= 11 is 0. The number of carbonyl (C=O) groups is 2. The maximum atomic E-state index is 12.2. The second-order valence-corrected chi connectivity index (χ2v) is 6.05. The predicted molar refractivity (Wildman–Crippen MR) is 104 cm³/mol. The van der Waals surface area contributed by atoms with Crippen LogP contribution in [-0.4, -0.2) is 33.2 Å². The summed E-state index contributed by atoms with van der Waals surface area (Å²) in [4.78, 5) is 23.4. The van der Waals surface area contributed by atoms with Gasteiger partial charge in [-0.05, 0) is 43.3 Å². The zero-order valence-corrected chi connectivity index (χ0v) is 16.5. The maximum absolute atomic E-state index is 12.2. The molecule has 1 amide bonds. The van der Waals surface area contributed by atoms with E-state index < -0.39 is 0 Å². The molecule has 0 saturated carbocycles. The van der Waals surface area contributed by atoms with Gasteiger partial charge in [0.2, 0.25) is 5.91 Å². The van der Waals surface area contributed by atoms with Crippen LogP contribution in [0.15, 0.2) is 40.8 Å². The van der Waals surface area contributed by atoms with E-state index in [1.54, 1.807) is 44.6 Å². The number of benzene rings is 1. The molecule has 2 rings (SSSR count). The molecule has 1 aromatic carbocycles. The lowest BCUT2D eigenvalue weighted by atomic mass is 10.1. The number of ether oxygens (including phenoxy) is 3. The number of rotatable bonds is 9. The average Bonchev–Trinajstić information content (AvgIpc) is 3.17. The minimum Gasteiger partial charge on any atom is -0.497 e. The normalized spacial score (nSPS) is 11.9. The molecule has 1 heterocycles. The summed E-state index contributed by atoms with van der Waals surface area (Å²) in [5.74, 6) is 1.96. The zero-order chi connectivity index (χ0) is 20.5. The number of methoxy groups -OCH3 is 3. The fourth-order valence-electron chi connectivity index (χ4n) is 2.62. The molecule has 0 saturated heterocycles. The minimum absolute atomic E-state index is 0.244. The number of amides is 1. The number of hydrogen-bond acceptors (Lipinski definition) is 6. The molecule has 7 heteroatoms. The Morgan fingerprint density at radius 3 is 2.61 bits per heavy atom. The van der Waals surface area contributed by atoms with E-state index in [1.807, 2.05) is 13.0 Å². The van der Waals surface area contributed by atoms with Crippen molar-refractivity contribution in [3.8, 4) is 11.5 Å². The minimum atomic E-state index is -0.296. The predicted octanol–water partition coefficient (Wildman–Crippen LogP) is 3.29. The molecule has 150 valence electrons. The second kappa shape index (κ2) is 10.2. The Morgan fingerprint density at radius 1 is 1.14 bits per heavy atom. The Labute approximate surface area is 164 Å². The van der Waals surface area contributed by atoms with Crippen molar-refractivity contribution < 1.29 is 28.2 Å². The highest BCUT2D eigenvalue weighted by atomic mass is 16.5. The lowest BCUT2D eigenvalue weighted by molar-refractivity contribution is -0.140.